The molecule has 0 aliphatic heterocycles. The van der Waals surface area contributed by atoms with Crippen molar-refractivity contribution in [2.24, 2.45) is 11.8 Å². The first-order valence-electron chi connectivity index (χ1n) is 7.49. The Hall–Kier alpha value is -1.28. The fraction of sp³-hybridized carbons (Fsp3) is 0.750. The largest absolute Gasteiger partial charge is 0.547 e. The summed E-state index contributed by atoms with van der Waals surface area (Å²) in [6.07, 6.45) is 4.65. The summed E-state index contributed by atoms with van der Waals surface area (Å²) in [7, 11) is -0.544. The van der Waals surface area contributed by atoms with Crippen LogP contribution in [0.15, 0.2) is 11.8 Å². The molecule has 0 N–H and O–H groups in total. The maximum absolute atomic E-state index is 11.7. The molecular formula is C16H27NO3Si. The third-order valence-electron chi connectivity index (χ3n) is 4.58. The van der Waals surface area contributed by atoms with E-state index < -0.39 is 20.2 Å². The molecule has 118 valence electrons. The fourth-order valence-electron chi connectivity index (χ4n) is 2.20. The van der Waals surface area contributed by atoms with Gasteiger partial charge in [-0.3, -0.25) is 4.79 Å². The van der Waals surface area contributed by atoms with Crippen LogP contribution in [0.25, 0.3) is 0 Å². The van der Waals surface area contributed by atoms with Crippen molar-refractivity contribution in [1.29, 1.82) is 5.26 Å². The Kier molecular flexibility index (Phi) is 5.63. The zero-order valence-electron chi connectivity index (χ0n) is 14.0. The highest BCUT2D eigenvalue weighted by atomic mass is 28.4. The lowest BCUT2D eigenvalue weighted by molar-refractivity contribution is -0.144. The third-order valence-corrected chi connectivity index (χ3v) is 8.96. The molecule has 1 rings (SSSR count). The number of nitrogens with zero attached hydrogens (tertiary/aromatic N) is 1. The molecule has 4 nitrogen and oxygen atoms in total. The first kappa shape index (κ1) is 17.8. The molecule has 0 aromatic carbocycles. The summed E-state index contributed by atoms with van der Waals surface area (Å²) in [4.78, 5) is 11.7. The highest BCUT2D eigenvalue weighted by Crippen LogP contribution is 2.40. The Morgan fingerprint density at radius 2 is 2.10 bits per heavy atom. The highest BCUT2D eigenvalue weighted by molar-refractivity contribution is 6.74. The molecule has 0 heterocycles. The van der Waals surface area contributed by atoms with Gasteiger partial charge >= 0.3 is 5.97 Å². The Bertz CT molecular complexity index is 457. The van der Waals surface area contributed by atoms with Gasteiger partial charge in [-0.25, -0.2) is 0 Å². The lowest BCUT2D eigenvalue weighted by Crippen LogP contribution is -2.41. The van der Waals surface area contributed by atoms with Crippen LogP contribution in [-0.2, 0) is 14.0 Å². The van der Waals surface area contributed by atoms with E-state index in [2.05, 4.69) is 39.9 Å². The van der Waals surface area contributed by atoms with Gasteiger partial charge in [0.15, 0.2) is 0 Å². The number of esters is 1. The number of hydrogen-bond acceptors (Lipinski definition) is 4. The SMILES string of the molecule is COC(=O)C(C#N)C1C=C(O[Si](C)(C)C(C)(C)C)CCC1. The quantitative estimate of drug-likeness (QED) is 0.581. The zero-order valence-corrected chi connectivity index (χ0v) is 15.0. The van der Waals surface area contributed by atoms with E-state index in [1.54, 1.807) is 0 Å². The highest BCUT2D eigenvalue weighted by Gasteiger charge is 2.40. The summed E-state index contributed by atoms with van der Waals surface area (Å²) < 4.78 is 11.0. The van der Waals surface area contributed by atoms with E-state index in [1.165, 1.54) is 7.11 Å². The Morgan fingerprint density at radius 3 is 2.57 bits per heavy atom. The maximum Gasteiger partial charge on any atom is 0.323 e. The molecule has 0 spiro atoms. The normalized spacial score (nSPS) is 21.0. The van der Waals surface area contributed by atoms with Crippen molar-refractivity contribution < 1.29 is 14.0 Å². The van der Waals surface area contributed by atoms with E-state index in [-0.39, 0.29) is 11.0 Å². The van der Waals surface area contributed by atoms with Crippen LogP contribution in [0.4, 0.5) is 0 Å². The number of rotatable bonds is 4. The van der Waals surface area contributed by atoms with Crippen LogP contribution in [0.2, 0.25) is 18.1 Å². The molecule has 0 aromatic rings. The number of allylic oxidation sites excluding steroid dienone is 2. The molecule has 1 aliphatic carbocycles. The Morgan fingerprint density at radius 1 is 1.48 bits per heavy atom. The fourth-order valence-corrected chi connectivity index (χ4v) is 3.33. The van der Waals surface area contributed by atoms with Gasteiger partial charge in [0.25, 0.3) is 0 Å². The molecule has 0 bridgehead atoms. The smallest absolute Gasteiger partial charge is 0.323 e. The third kappa shape index (κ3) is 4.34. The molecule has 1 aliphatic rings. The van der Waals surface area contributed by atoms with E-state index in [0.717, 1.165) is 25.0 Å². The molecular weight excluding hydrogens is 282 g/mol. The second-order valence-electron chi connectivity index (χ2n) is 7.18. The second kappa shape index (κ2) is 6.65. The molecule has 0 aromatic heterocycles. The molecule has 2 atom stereocenters. The number of nitriles is 1. The van der Waals surface area contributed by atoms with Crippen molar-refractivity contribution in [2.75, 3.05) is 7.11 Å². The van der Waals surface area contributed by atoms with Gasteiger partial charge in [-0.1, -0.05) is 20.8 Å². The van der Waals surface area contributed by atoms with Gasteiger partial charge in [0.1, 0.15) is 5.92 Å². The molecule has 0 radical (unpaired) electrons. The van der Waals surface area contributed by atoms with Gasteiger partial charge in [-0.2, -0.15) is 5.26 Å². The van der Waals surface area contributed by atoms with E-state index in [4.69, 9.17) is 9.16 Å². The van der Waals surface area contributed by atoms with Crippen molar-refractivity contribution in [2.45, 2.75) is 58.2 Å². The summed E-state index contributed by atoms with van der Waals surface area (Å²) in [5, 5.41) is 9.35. The van der Waals surface area contributed by atoms with E-state index >= 15 is 0 Å². The van der Waals surface area contributed by atoms with Crippen molar-refractivity contribution in [3.8, 4) is 6.07 Å². The average Bonchev–Trinajstić information content (AvgIpc) is 2.38. The van der Waals surface area contributed by atoms with Gasteiger partial charge in [-0.05, 0) is 37.0 Å². The van der Waals surface area contributed by atoms with E-state index in [9.17, 15) is 10.1 Å². The van der Waals surface area contributed by atoms with Crippen LogP contribution in [-0.4, -0.2) is 21.4 Å². The molecule has 0 fully saturated rings. The van der Waals surface area contributed by atoms with Crippen LogP contribution in [0.1, 0.15) is 40.0 Å². The first-order chi connectivity index (χ1) is 9.62. The molecule has 0 saturated carbocycles. The van der Waals surface area contributed by atoms with Gasteiger partial charge in [0.05, 0.1) is 18.9 Å². The van der Waals surface area contributed by atoms with Crippen molar-refractivity contribution in [3.63, 3.8) is 0 Å². The molecule has 2 unspecified atom stereocenters. The molecule has 0 saturated heterocycles. The molecule has 0 amide bonds. The number of carbonyl (C=O) groups is 1. The van der Waals surface area contributed by atoms with Gasteiger partial charge in [0.2, 0.25) is 8.32 Å². The maximum atomic E-state index is 11.7. The summed E-state index contributed by atoms with van der Waals surface area (Å²) >= 11 is 0. The monoisotopic (exact) mass is 309 g/mol. The van der Waals surface area contributed by atoms with E-state index in [1.807, 2.05) is 6.08 Å². The predicted molar refractivity (Wildman–Crippen MR) is 84.8 cm³/mol. The van der Waals surface area contributed by atoms with Crippen LogP contribution < -0.4 is 0 Å². The lowest BCUT2D eigenvalue weighted by atomic mass is 9.84. The van der Waals surface area contributed by atoms with Crippen molar-refractivity contribution in [3.05, 3.63) is 11.8 Å². The summed E-state index contributed by atoms with van der Waals surface area (Å²) in [6, 6.07) is 2.07. The minimum atomic E-state index is -1.87. The number of methoxy groups -OCH3 is 1. The Labute approximate surface area is 129 Å². The van der Waals surface area contributed by atoms with Crippen LogP contribution >= 0.6 is 0 Å². The first-order valence-corrected chi connectivity index (χ1v) is 10.4. The topological polar surface area (TPSA) is 59.3 Å². The summed E-state index contributed by atoms with van der Waals surface area (Å²) in [6.45, 7) is 11.0. The number of hydrogen-bond donors (Lipinski definition) is 0. The van der Waals surface area contributed by atoms with Crippen LogP contribution in [0, 0.1) is 23.2 Å². The predicted octanol–water partition coefficient (Wildman–Crippen LogP) is 4.00. The van der Waals surface area contributed by atoms with E-state index in [0.29, 0.717) is 0 Å². The van der Waals surface area contributed by atoms with Crippen molar-refractivity contribution in [1.82, 2.24) is 0 Å². The standard InChI is InChI=1S/C16H27NO3Si/c1-16(2,3)21(5,6)20-13-9-7-8-12(10-13)14(11-17)15(18)19-4/h10,12,14H,7-9H2,1-6H3. The minimum Gasteiger partial charge on any atom is -0.547 e. The Balaban J connectivity index is 2.91. The lowest BCUT2D eigenvalue weighted by Gasteiger charge is -2.38. The van der Waals surface area contributed by atoms with Gasteiger partial charge in [-0.15, -0.1) is 0 Å². The molecule has 5 heteroatoms. The minimum absolute atomic E-state index is 0.101. The van der Waals surface area contributed by atoms with Crippen molar-refractivity contribution >= 4 is 14.3 Å². The van der Waals surface area contributed by atoms with Gasteiger partial charge in [0, 0.05) is 12.3 Å². The molecule has 21 heavy (non-hydrogen) atoms. The average molecular weight is 309 g/mol. The summed E-state index contributed by atoms with van der Waals surface area (Å²) in [5.74, 6) is -0.335. The summed E-state index contributed by atoms with van der Waals surface area (Å²) in [5.41, 5.74) is 0. The van der Waals surface area contributed by atoms with Crippen LogP contribution in [0.5, 0.6) is 0 Å². The number of carbonyl (C=O) groups excluding carboxylic acids is 1. The second-order valence-corrected chi connectivity index (χ2v) is 11.9. The zero-order chi connectivity index (χ0) is 16.3. The van der Waals surface area contributed by atoms with Crippen LogP contribution in [0.3, 0.4) is 0 Å². The van der Waals surface area contributed by atoms with Gasteiger partial charge < -0.3 is 9.16 Å². The number of ether oxygens (including phenoxy) is 1.